The van der Waals surface area contributed by atoms with Crippen LogP contribution < -0.4 is 10.1 Å². The van der Waals surface area contributed by atoms with Gasteiger partial charge in [-0.3, -0.25) is 4.98 Å². The molecule has 3 nitrogen and oxygen atoms in total. The number of pyridine rings is 1. The van der Waals surface area contributed by atoms with E-state index in [1.807, 2.05) is 24.4 Å². The average Bonchev–Trinajstić information content (AvgIpc) is 2.56. The Balaban J connectivity index is 1.87. The van der Waals surface area contributed by atoms with Gasteiger partial charge < -0.3 is 10.1 Å². The molecule has 0 spiro atoms. The second kappa shape index (κ2) is 5.88. The first kappa shape index (κ1) is 12.9. The fourth-order valence-corrected chi connectivity index (χ4v) is 2.40. The molecule has 2 heterocycles. The minimum Gasteiger partial charge on any atom is -0.497 e. The van der Waals surface area contributed by atoms with Crippen LogP contribution in [-0.4, -0.2) is 25.2 Å². The van der Waals surface area contributed by atoms with Gasteiger partial charge in [0.1, 0.15) is 5.75 Å². The highest BCUT2D eigenvalue weighted by Gasteiger charge is 2.07. The molecule has 1 aliphatic heterocycles. The zero-order valence-corrected chi connectivity index (χ0v) is 11.6. The molecule has 1 aromatic heterocycles. The first-order valence-corrected chi connectivity index (χ1v) is 6.87. The second-order valence-electron chi connectivity index (χ2n) is 4.86. The SMILES string of the molecule is COc1cccc(-c2ccc(C3=CCCNC3)nc2)c1. The molecular formula is C17H18N2O. The topological polar surface area (TPSA) is 34.1 Å². The third-order valence-electron chi connectivity index (χ3n) is 3.52. The predicted molar refractivity (Wildman–Crippen MR) is 81.7 cm³/mol. The summed E-state index contributed by atoms with van der Waals surface area (Å²) >= 11 is 0. The molecule has 102 valence electrons. The molecule has 0 radical (unpaired) electrons. The van der Waals surface area contributed by atoms with Crippen LogP contribution in [0.3, 0.4) is 0 Å². The van der Waals surface area contributed by atoms with Crippen molar-refractivity contribution in [1.29, 1.82) is 0 Å². The van der Waals surface area contributed by atoms with E-state index in [9.17, 15) is 0 Å². The van der Waals surface area contributed by atoms with Crippen LogP contribution in [0, 0.1) is 0 Å². The van der Waals surface area contributed by atoms with Crippen LogP contribution in [0.15, 0.2) is 48.7 Å². The van der Waals surface area contributed by atoms with Crippen molar-refractivity contribution in [1.82, 2.24) is 10.3 Å². The molecule has 0 saturated carbocycles. The maximum absolute atomic E-state index is 5.26. The molecule has 0 unspecified atom stereocenters. The Morgan fingerprint density at radius 3 is 2.80 bits per heavy atom. The Hall–Kier alpha value is -2.13. The first-order chi connectivity index (χ1) is 9.86. The summed E-state index contributed by atoms with van der Waals surface area (Å²) in [6.07, 6.45) is 5.28. The van der Waals surface area contributed by atoms with Crippen LogP contribution in [0.1, 0.15) is 12.1 Å². The van der Waals surface area contributed by atoms with Gasteiger partial charge in [0, 0.05) is 18.3 Å². The zero-order chi connectivity index (χ0) is 13.8. The van der Waals surface area contributed by atoms with Gasteiger partial charge in [-0.05, 0) is 42.3 Å². The van der Waals surface area contributed by atoms with Gasteiger partial charge in [-0.2, -0.15) is 0 Å². The van der Waals surface area contributed by atoms with E-state index in [0.717, 1.165) is 42.1 Å². The van der Waals surface area contributed by atoms with E-state index in [4.69, 9.17) is 4.74 Å². The van der Waals surface area contributed by atoms with Crippen molar-refractivity contribution in [2.45, 2.75) is 6.42 Å². The standard InChI is InChI=1S/C17H18N2O/c1-20-16-6-2-4-13(10-16)14-7-8-17(19-12-14)15-5-3-9-18-11-15/h2,4-8,10,12,18H,3,9,11H2,1H3. The lowest BCUT2D eigenvalue weighted by Crippen LogP contribution is -2.21. The Labute approximate surface area is 119 Å². The number of aromatic nitrogens is 1. The Morgan fingerprint density at radius 2 is 2.10 bits per heavy atom. The summed E-state index contributed by atoms with van der Waals surface area (Å²) < 4.78 is 5.26. The number of ether oxygens (including phenoxy) is 1. The molecule has 1 aliphatic rings. The van der Waals surface area contributed by atoms with Crippen LogP contribution in [-0.2, 0) is 0 Å². The molecule has 0 fully saturated rings. The van der Waals surface area contributed by atoms with Crippen LogP contribution in [0.5, 0.6) is 5.75 Å². The quantitative estimate of drug-likeness (QED) is 0.926. The highest BCUT2D eigenvalue weighted by molar-refractivity contribution is 5.69. The highest BCUT2D eigenvalue weighted by atomic mass is 16.5. The first-order valence-electron chi connectivity index (χ1n) is 6.87. The molecule has 2 aromatic rings. The smallest absolute Gasteiger partial charge is 0.119 e. The molecule has 0 aliphatic carbocycles. The van der Waals surface area contributed by atoms with Gasteiger partial charge in [-0.25, -0.2) is 0 Å². The molecule has 20 heavy (non-hydrogen) atoms. The molecule has 0 saturated heterocycles. The van der Waals surface area contributed by atoms with Gasteiger partial charge in [-0.15, -0.1) is 0 Å². The number of nitrogens with one attached hydrogen (secondary N) is 1. The Morgan fingerprint density at radius 1 is 1.15 bits per heavy atom. The lowest BCUT2D eigenvalue weighted by atomic mass is 10.0. The van der Waals surface area contributed by atoms with Crippen molar-refractivity contribution >= 4 is 5.57 Å². The molecule has 0 bridgehead atoms. The normalized spacial score (nSPS) is 14.8. The van der Waals surface area contributed by atoms with Gasteiger partial charge in [0.15, 0.2) is 0 Å². The lowest BCUT2D eigenvalue weighted by molar-refractivity contribution is 0.415. The largest absolute Gasteiger partial charge is 0.497 e. The number of benzene rings is 1. The van der Waals surface area contributed by atoms with E-state index in [0.29, 0.717) is 0 Å². The van der Waals surface area contributed by atoms with E-state index >= 15 is 0 Å². The molecular weight excluding hydrogens is 248 g/mol. The van der Waals surface area contributed by atoms with Gasteiger partial charge in [0.25, 0.3) is 0 Å². The van der Waals surface area contributed by atoms with Gasteiger partial charge in [0.2, 0.25) is 0 Å². The predicted octanol–water partition coefficient (Wildman–Crippen LogP) is 3.13. The Bertz CT molecular complexity index is 617. The van der Waals surface area contributed by atoms with E-state index in [1.165, 1.54) is 5.57 Å². The fraction of sp³-hybridized carbons (Fsp3) is 0.235. The van der Waals surface area contributed by atoms with Crippen molar-refractivity contribution in [3.63, 3.8) is 0 Å². The molecule has 3 heteroatoms. The lowest BCUT2D eigenvalue weighted by Gasteiger charge is -2.14. The second-order valence-corrected chi connectivity index (χ2v) is 4.86. The molecule has 0 amide bonds. The maximum atomic E-state index is 5.26. The van der Waals surface area contributed by atoms with Crippen molar-refractivity contribution < 1.29 is 4.74 Å². The van der Waals surface area contributed by atoms with Crippen LogP contribution in [0.2, 0.25) is 0 Å². The van der Waals surface area contributed by atoms with Gasteiger partial charge in [0.05, 0.1) is 12.8 Å². The summed E-state index contributed by atoms with van der Waals surface area (Å²) in [6.45, 7) is 1.97. The highest BCUT2D eigenvalue weighted by Crippen LogP contribution is 2.24. The van der Waals surface area contributed by atoms with E-state index in [1.54, 1.807) is 7.11 Å². The molecule has 1 N–H and O–H groups in total. The fourth-order valence-electron chi connectivity index (χ4n) is 2.40. The summed E-state index contributed by atoms with van der Waals surface area (Å²) in [5.74, 6) is 0.866. The van der Waals surface area contributed by atoms with Gasteiger partial charge >= 0.3 is 0 Å². The van der Waals surface area contributed by atoms with E-state index in [2.05, 4.69) is 34.6 Å². The number of nitrogens with zero attached hydrogens (tertiary/aromatic N) is 1. The maximum Gasteiger partial charge on any atom is 0.119 e. The van der Waals surface area contributed by atoms with Gasteiger partial charge in [-0.1, -0.05) is 24.3 Å². The summed E-state index contributed by atoms with van der Waals surface area (Å²) in [6, 6.07) is 12.2. The van der Waals surface area contributed by atoms with Crippen molar-refractivity contribution in [2.24, 2.45) is 0 Å². The Kier molecular flexibility index (Phi) is 3.79. The summed E-state index contributed by atoms with van der Waals surface area (Å²) in [4.78, 5) is 4.59. The van der Waals surface area contributed by atoms with Crippen LogP contribution in [0.25, 0.3) is 16.7 Å². The summed E-state index contributed by atoms with van der Waals surface area (Å²) in [5.41, 5.74) is 4.58. The minimum atomic E-state index is 0.866. The monoisotopic (exact) mass is 266 g/mol. The average molecular weight is 266 g/mol. The van der Waals surface area contributed by atoms with Crippen molar-refractivity contribution in [2.75, 3.05) is 20.2 Å². The third kappa shape index (κ3) is 2.73. The number of hydrogen-bond donors (Lipinski definition) is 1. The van der Waals surface area contributed by atoms with Crippen LogP contribution >= 0.6 is 0 Å². The summed E-state index contributed by atoms with van der Waals surface area (Å²) in [5, 5.41) is 3.37. The molecule has 0 atom stereocenters. The summed E-state index contributed by atoms with van der Waals surface area (Å²) in [7, 11) is 1.68. The van der Waals surface area contributed by atoms with Crippen molar-refractivity contribution in [3.8, 4) is 16.9 Å². The minimum absolute atomic E-state index is 0.866. The molecule has 3 rings (SSSR count). The van der Waals surface area contributed by atoms with Crippen LogP contribution in [0.4, 0.5) is 0 Å². The number of methoxy groups -OCH3 is 1. The van der Waals surface area contributed by atoms with E-state index < -0.39 is 0 Å². The van der Waals surface area contributed by atoms with E-state index in [-0.39, 0.29) is 0 Å². The zero-order valence-electron chi connectivity index (χ0n) is 11.6. The number of rotatable bonds is 3. The third-order valence-corrected chi connectivity index (χ3v) is 3.52. The van der Waals surface area contributed by atoms with Crippen molar-refractivity contribution in [3.05, 3.63) is 54.4 Å². The molecule has 1 aromatic carbocycles. The number of hydrogen-bond acceptors (Lipinski definition) is 3.